The highest BCUT2D eigenvalue weighted by Crippen LogP contribution is 2.36. The predicted octanol–water partition coefficient (Wildman–Crippen LogP) is 4.14. The Morgan fingerprint density at radius 1 is 1.17 bits per heavy atom. The van der Waals surface area contributed by atoms with Crippen LogP contribution in [0.25, 0.3) is 0 Å². The van der Waals surface area contributed by atoms with Crippen molar-refractivity contribution in [2.45, 2.75) is 11.1 Å². The van der Waals surface area contributed by atoms with Gasteiger partial charge in [-0.05, 0) is 36.4 Å². The zero-order chi connectivity index (χ0) is 22.0. The summed E-state index contributed by atoms with van der Waals surface area (Å²) in [6, 6.07) is 8.01. The van der Waals surface area contributed by atoms with Crippen molar-refractivity contribution >= 4 is 44.8 Å². The molecule has 6 nitrogen and oxygen atoms in total. The topological polar surface area (TPSA) is 90.3 Å². The van der Waals surface area contributed by atoms with Crippen LogP contribution in [0.1, 0.15) is 11.1 Å². The Morgan fingerprint density at radius 3 is 2.38 bits per heavy atom. The molecule has 0 aliphatic carbocycles. The molecule has 0 aliphatic rings. The van der Waals surface area contributed by atoms with Crippen molar-refractivity contribution in [1.29, 1.82) is 5.26 Å². The second-order valence-corrected chi connectivity index (χ2v) is 8.61. The first-order valence-corrected chi connectivity index (χ1v) is 9.88. The van der Waals surface area contributed by atoms with Gasteiger partial charge in [-0.15, -0.1) is 0 Å². The van der Waals surface area contributed by atoms with Crippen LogP contribution in [0.3, 0.4) is 0 Å². The summed E-state index contributed by atoms with van der Waals surface area (Å²) in [4.78, 5) is 11.9. The van der Waals surface area contributed by atoms with Gasteiger partial charge in [0.2, 0.25) is 15.9 Å². The number of hydrogen-bond acceptors (Lipinski definition) is 4. The Kier molecular flexibility index (Phi) is 6.80. The SMILES string of the molecule is CN(CC(=O)Nc1ccc(Cl)c(C(F)(F)F)c1)S(=O)(=O)c1ccc(C#N)c(Cl)c1. The molecule has 1 amide bonds. The number of nitrogens with zero attached hydrogens (tertiary/aromatic N) is 2. The average molecular weight is 466 g/mol. The number of nitrogens with one attached hydrogen (secondary N) is 1. The molecular weight excluding hydrogens is 454 g/mol. The number of alkyl halides is 3. The fraction of sp³-hybridized carbons (Fsp3) is 0.176. The van der Waals surface area contributed by atoms with E-state index in [1.807, 2.05) is 0 Å². The van der Waals surface area contributed by atoms with Crippen LogP contribution in [-0.4, -0.2) is 32.2 Å². The van der Waals surface area contributed by atoms with Gasteiger partial charge in [-0.3, -0.25) is 4.79 Å². The molecule has 0 saturated carbocycles. The molecule has 0 aliphatic heterocycles. The fourth-order valence-corrected chi connectivity index (χ4v) is 3.90. The van der Waals surface area contributed by atoms with Gasteiger partial charge in [0.15, 0.2) is 0 Å². The Bertz CT molecular complexity index is 1100. The van der Waals surface area contributed by atoms with Crippen molar-refractivity contribution in [1.82, 2.24) is 4.31 Å². The molecule has 2 aromatic carbocycles. The van der Waals surface area contributed by atoms with Gasteiger partial charge in [-0.1, -0.05) is 23.2 Å². The number of hydrogen-bond donors (Lipinski definition) is 1. The zero-order valence-electron chi connectivity index (χ0n) is 14.6. The lowest BCUT2D eigenvalue weighted by atomic mass is 10.2. The van der Waals surface area contributed by atoms with Gasteiger partial charge in [0.25, 0.3) is 0 Å². The van der Waals surface area contributed by atoms with Gasteiger partial charge in [-0.2, -0.15) is 22.7 Å². The molecule has 0 atom stereocenters. The van der Waals surface area contributed by atoms with Crippen LogP contribution in [-0.2, 0) is 21.0 Å². The third-order valence-corrected chi connectivity index (χ3v) is 6.13. The van der Waals surface area contributed by atoms with E-state index in [1.165, 1.54) is 6.07 Å². The Morgan fingerprint density at radius 2 is 1.83 bits per heavy atom. The Balaban J connectivity index is 2.17. The molecule has 2 aromatic rings. The normalized spacial score (nSPS) is 11.9. The highest BCUT2D eigenvalue weighted by atomic mass is 35.5. The van der Waals surface area contributed by atoms with E-state index in [2.05, 4.69) is 5.32 Å². The Hall–Kier alpha value is -2.32. The molecule has 0 aromatic heterocycles. The number of rotatable bonds is 5. The minimum absolute atomic E-state index is 0.0766. The van der Waals surface area contributed by atoms with Gasteiger partial charge in [0.05, 0.1) is 32.6 Å². The van der Waals surface area contributed by atoms with E-state index in [9.17, 15) is 26.4 Å². The van der Waals surface area contributed by atoms with Gasteiger partial charge < -0.3 is 5.32 Å². The monoisotopic (exact) mass is 465 g/mol. The number of anilines is 1. The van der Waals surface area contributed by atoms with E-state index in [0.717, 1.165) is 31.3 Å². The number of benzene rings is 2. The number of amides is 1. The van der Waals surface area contributed by atoms with Gasteiger partial charge in [0, 0.05) is 12.7 Å². The van der Waals surface area contributed by atoms with Crippen molar-refractivity contribution in [3.05, 3.63) is 57.6 Å². The van der Waals surface area contributed by atoms with Gasteiger partial charge in [0.1, 0.15) is 6.07 Å². The molecule has 2 rings (SSSR count). The summed E-state index contributed by atoms with van der Waals surface area (Å²) in [5.41, 5.74) is -1.25. The number of likely N-dealkylation sites (N-methyl/N-ethyl adjacent to an activating group) is 1. The summed E-state index contributed by atoms with van der Waals surface area (Å²) in [7, 11) is -3.02. The molecular formula is C17H12Cl2F3N3O3S. The van der Waals surface area contributed by atoms with Gasteiger partial charge in [-0.25, -0.2) is 8.42 Å². The van der Waals surface area contributed by atoms with Crippen LogP contribution in [0, 0.1) is 11.3 Å². The second-order valence-electron chi connectivity index (χ2n) is 5.76. The zero-order valence-corrected chi connectivity index (χ0v) is 16.9. The molecule has 0 bridgehead atoms. The van der Waals surface area contributed by atoms with Crippen LogP contribution >= 0.6 is 23.2 Å². The lowest BCUT2D eigenvalue weighted by Gasteiger charge is -2.17. The van der Waals surface area contributed by atoms with Crippen molar-refractivity contribution in [2.75, 3.05) is 18.9 Å². The van der Waals surface area contributed by atoms with Crippen molar-refractivity contribution in [3.63, 3.8) is 0 Å². The molecule has 0 fully saturated rings. The molecule has 0 spiro atoms. The quantitative estimate of drug-likeness (QED) is 0.717. The van der Waals surface area contributed by atoms with E-state index in [1.54, 1.807) is 6.07 Å². The summed E-state index contributed by atoms with van der Waals surface area (Å²) < 4.78 is 64.4. The summed E-state index contributed by atoms with van der Waals surface area (Å²) in [6.45, 7) is -0.677. The van der Waals surface area contributed by atoms with Crippen LogP contribution in [0.15, 0.2) is 41.3 Å². The largest absolute Gasteiger partial charge is 0.417 e. The highest BCUT2D eigenvalue weighted by Gasteiger charge is 2.33. The van der Waals surface area contributed by atoms with Crippen LogP contribution in [0.2, 0.25) is 10.0 Å². The van der Waals surface area contributed by atoms with E-state index in [4.69, 9.17) is 28.5 Å². The molecule has 0 radical (unpaired) electrons. The lowest BCUT2D eigenvalue weighted by molar-refractivity contribution is -0.137. The fourth-order valence-electron chi connectivity index (χ4n) is 2.23. The number of carbonyl (C=O) groups is 1. The number of sulfonamides is 1. The van der Waals surface area contributed by atoms with Crippen molar-refractivity contribution in [2.24, 2.45) is 0 Å². The van der Waals surface area contributed by atoms with Crippen LogP contribution in [0.5, 0.6) is 0 Å². The third-order valence-electron chi connectivity index (χ3n) is 3.69. The van der Waals surface area contributed by atoms with Gasteiger partial charge >= 0.3 is 6.18 Å². The smallest absolute Gasteiger partial charge is 0.325 e. The van der Waals surface area contributed by atoms with Crippen LogP contribution in [0.4, 0.5) is 18.9 Å². The molecule has 0 unspecified atom stereocenters. The predicted molar refractivity (Wildman–Crippen MR) is 101 cm³/mol. The number of carbonyl (C=O) groups excluding carboxylic acids is 1. The van der Waals surface area contributed by atoms with E-state index in [-0.39, 0.29) is 21.2 Å². The maximum absolute atomic E-state index is 12.9. The minimum Gasteiger partial charge on any atom is -0.325 e. The maximum atomic E-state index is 12.9. The lowest BCUT2D eigenvalue weighted by Crippen LogP contribution is -2.35. The molecule has 0 saturated heterocycles. The first-order valence-electron chi connectivity index (χ1n) is 7.69. The summed E-state index contributed by atoms with van der Waals surface area (Å²) in [6.07, 6.45) is -4.72. The first kappa shape index (κ1) is 23.0. The van der Waals surface area contributed by atoms with Crippen LogP contribution < -0.4 is 5.32 Å². The Labute approximate surface area is 174 Å². The van der Waals surface area contributed by atoms with E-state index in [0.29, 0.717) is 10.4 Å². The minimum atomic E-state index is -4.72. The van der Waals surface area contributed by atoms with E-state index < -0.39 is 39.2 Å². The average Bonchev–Trinajstić information content (AvgIpc) is 2.62. The molecule has 154 valence electrons. The highest BCUT2D eigenvalue weighted by molar-refractivity contribution is 7.89. The molecule has 1 N–H and O–H groups in total. The molecule has 12 heteroatoms. The maximum Gasteiger partial charge on any atom is 0.417 e. The molecule has 29 heavy (non-hydrogen) atoms. The van der Waals surface area contributed by atoms with E-state index >= 15 is 0 Å². The number of nitriles is 1. The third kappa shape index (κ3) is 5.39. The second kappa shape index (κ2) is 8.59. The van der Waals surface area contributed by atoms with Crippen molar-refractivity contribution < 1.29 is 26.4 Å². The molecule has 0 heterocycles. The standard InChI is InChI=1S/C17H12Cl2F3N3O3S/c1-25(29(27,28)12-4-2-10(8-23)15(19)7-12)9-16(26)24-11-3-5-14(18)13(6-11)17(20,21)22/h2-7H,9H2,1H3,(H,24,26). The number of halogens is 5. The summed E-state index contributed by atoms with van der Waals surface area (Å²) in [5.74, 6) is -0.869. The van der Waals surface area contributed by atoms with Crippen molar-refractivity contribution in [3.8, 4) is 6.07 Å². The summed E-state index contributed by atoms with van der Waals surface area (Å²) >= 11 is 11.3. The first-order chi connectivity index (χ1) is 13.4. The summed E-state index contributed by atoms with van der Waals surface area (Å²) in [5, 5.41) is 10.4.